The number of hydrogen-bond acceptors (Lipinski definition) is 3. The molecule has 2 heterocycles. The molecule has 0 fully saturated rings. The van der Waals surface area contributed by atoms with Gasteiger partial charge in [0.2, 0.25) is 0 Å². The summed E-state index contributed by atoms with van der Waals surface area (Å²) in [7, 11) is 0. The Bertz CT molecular complexity index is 1140. The Labute approximate surface area is 157 Å². The molecule has 0 amide bonds. The van der Waals surface area contributed by atoms with Crippen molar-refractivity contribution in [3.63, 3.8) is 0 Å². The summed E-state index contributed by atoms with van der Waals surface area (Å²) in [5, 5.41) is 8.96. The number of imidazole rings is 1. The Kier molecular flexibility index (Phi) is 4.28. The summed E-state index contributed by atoms with van der Waals surface area (Å²) in [5.74, 6) is 0.344. The molecule has 2 aromatic carbocycles. The van der Waals surface area contributed by atoms with Gasteiger partial charge in [0.15, 0.2) is 5.82 Å². The maximum atomic E-state index is 13.3. The van der Waals surface area contributed by atoms with Gasteiger partial charge in [-0.05, 0) is 79.9 Å². The van der Waals surface area contributed by atoms with E-state index in [0.29, 0.717) is 11.5 Å². The maximum absolute atomic E-state index is 13.3. The average Bonchev–Trinajstić information content (AvgIpc) is 2.97. The van der Waals surface area contributed by atoms with Crippen LogP contribution in [0.3, 0.4) is 0 Å². The number of aryl methyl sites for hydroxylation is 3. The van der Waals surface area contributed by atoms with Crippen molar-refractivity contribution < 1.29 is 4.39 Å². The van der Waals surface area contributed by atoms with E-state index in [9.17, 15) is 4.39 Å². The van der Waals surface area contributed by atoms with Crippen LogP contribution in [-0.2, 0) is 0 Å². The second kappa shape index (κ2) is 6.76. The van der Waals surface area contributed by atoms with Crippen LogP contribution in [0.25, 0.3) is 16.9 Å². The van der Waals surface area contributed by atoms with E-state index >= 15 is 0 Å². The fourth-order valence-corrected chi connectivity index (χ4v) is 3.15. The van der Waals surface area contributed by atoms with Gasteiger partial charge in [-0.15, -0.1) is 10.2 Å². The number of azo groups is 1. The first-order chi connectivity index (χ1) is 13.0. The first-order valence-corrected chi connectivity index (χ1v) is 8.74. The zero-order valence-electron chi connectivity index (χ0n) is 15.4. The minimum Gasteiger partial charge on any atom is -0.282 e. The van der Waals surface area contributed by atoms with Gasteiger partial charge in [0.25, 0.3) is 0 Å². The highest BCUT2D eigenvalue weighted by Gasteiger charge is 2.14. The zero-order valence-corrected chi connectivity index (χ0v) is 15.4. The van der Waals surface area contributed by atoms with Gasteiger partial charge in [0.05, 0.1) is 5.69 Å². The number of pyridine rings is 1. The number of nitrogens with zero attached hydrogens (tertiary/aromatic N) is 4. The summed E-state index contributed by atoms with van der Waals surface area (Å²) < 4.78 is 15.3. The van der Waals surface area contributed by atoms with Crippen LogP contribution < -0.4 is 0 Å². The van der Waals surface area contributed by atoms with Crippen LogP contribution in [-0.4, -0.2) is 9.38 Å². The first kappa shape index (κ1) is 17.1. The first-order valence-electron chi connectivity index (χ1n) is 8.74. The molecule has 5 heteroatoms. The van der Waals surface area contributed by atoms with Gasteiger partial charge in [-0.3, -0.25) is 4.40 Å². The third kappa shape index (κ3) is 3.49. The van der Waals surface area contributed by atoms with E-state index < -0.39 is 0 Å². The molecular formula is C22H19FN4. The van der Waals surface area contributed by atoms with Gasteiger partial charge in [0, 0.05) is 11.8 Å². The summed E-state index contributed by atoms with van der Waals surface area (Å²) in [6.07, 6.45) is 1.98. The predicted molar refractivity (Wildman–Crippen MR) is 105 cm³/mol. The summed E-state index contributed by atoms with van der Waals surface area (Å²) in [6.45, 7) is 6.09. The van der Waals surface area contributed by atoms with E-state index in [4.69, 9.17) is 0 Å². The van der Waals surface area contributed by atoms with Crippen molar-refractivity contribution in [2.24, 2.45) is 10.2 Å². The summed E-state index contributed by atoms with van der Waals surface area (Å²) >= 11 is 0. The normalized spacial score (nSPS) is 11.6. The van der Waals surface area contributed by atoms with Gasteiger partial charge in [-0.25, -0.2) is 9.37 Å². The van der Waals surface area contributed by atoms with Crippen LogP contribution >= 0.6 is 0 Å². The van der Waals surface area contributed by atoms with Gasteiger partial charge < -0.3 is 0 Å². The smallest absolute Gasteiger partial charge is 0.187 e. The van der Waals surface area contributed by atoms with Crippen LogP contribution in [0.5, 0.6) is 0 Å². The molecule has 0 aliphatic rings. The van der Waals surface area contributed by atoms with E-state index in [1.807, 2.05) is 55.6 Å². The lowest BCUT2D eigenvalue weighted by atomic mass is 10.1. The number of halogens is 1. The maximum Gasteiger partial charge on any atom is 0.187 e. The molecule has 0 N–H and O–H groups in total. The second-order valence-corrected chi connectivity index (χ2v) is 6.77. The summed E-state index contributed by atoms with van der Waals surface area (Å²) in [6, 6.07) is 16.3. The van der Waals surface area contributed by atoms with E-state index in [1.54, 1.807) is 12.1 Å². The summed E-state index contributed by atoms with van der Waals surface area (Å²) in [4.78, 5) is 4.69. The SMILES string of the molecule is Cc1cc(C)cc(N=Nc2c(-c3ccc(F)cc3)nc3ccc(C)cn23)c1. The van der Waals surface area contributed by atoms with E-state index in [2.05, 4.69) is 21.3 Å². The van der Waals surface area contributed by atoms with E-state index in [0.717, 1.165) is 33.6 Å². The summed E-state index contributed by atoms with van der Waals surface area (Å²) in [5.41, 5.74) is 6.40. The molecule has 0 aliphatic heterocycles. The largest absolute Gasteiger partial charge is 0.282 e. The molecule has 0 atom stereocenters. The lowest BCUT2D eigenvalue weighted by Crippen LogP contribution is -1.85. The zero-order chi connectivity index (χ0) is 19.0. The number of hydrogen-bond donors (Lipinski definition) is 0. The molecular weight excluding hydrogens is 339 g/mol. The van der Waals surface area contributed by atoms with Crippen LogP contribution in [0.4, 0.5) is 15.9 Å². The topological polar surface area (TPSA) is 42.0 Å². The van der Waals surface area contributed by atoms with Gasteiger partial charge >= 0.3 is 0 Å². The number of benzene rings is 2. The van der Waals surface area contributed by atoms with Crippen molar-refractivity contribution in [1.82, 2.24) is 9.38 Å². The molecule has 2 aromatic heterocycles. The monoisotopic (exact) mass is 358 g/mol. The van der Waals surface area contributed by atoms with Crippen molar-refractivity contribution in [3.8, 4) is 11.3 Å². The molecule has 0 unspecified atom stereocenters. The predicted octanol–water partition coefficient (Wildman–Crippen LogP) is 6.48. The third-order valence-corrected chi connectivity index (χ3v) is 4.33. The highest BCUT2D eigenvalue weighted by atomic mass is 19.1. The van der Waals surface area contributed by atoms with Crippen LogP contribution in [0.2, 0.25) is 0 Å². The van der Waals surface area contributed by atoms with Crippen molar-refractivity contribution in [2.45, 2.75) is 20.8 Å². The fraction of sp³-hybridized carbons (Fsp3) is 0.136. The number of fused-ring (bicyclic) bond motifs is 1. The van der Waals surface area contributed by atoms with Crippen molar-refractivity contribution in [2.75, 3.05) is 0 Å². The molecule has 4 nitrogen and oxygen atoms in total. The Morgan fingerprint density at radius 3 is 2.22 bits per heavy atom. The third-order valence-electron chi connectivity index (χ3n) is 4.33. The molecule has 134 valence electrons. The number of rotatable bonds is 3. The van der Waals surface area contributed by atoms with E-state index in [-0.39, 0.29) is 5.82 Å². The Hall–Kier alpha value is -3.34. The highest BCUT2D eigenvalue weighted by molar-refractivity contribution is 5.74. The standard InChI is InChI=1S/C22H19FN4/c1-14-4-9-20-24-21(17-5-7-18(23)8-6-17)22(27(20)13-14)26-25-19-11-15(2)10-16(3)12-19/h4-13H,1-3H3. The average molecular weight is 358 g/mol. The van der Waals surface area contributed by atoms with E-state index in [1.165, 1.54) is 12.1 Å². The van der Waals surface area contributed by atoms with Crippen molar-refractivity contribution in [3.05, 3.63) is 83.3 Å². The Morgan fingerprint density at radius 1 is 0.815 bits per heavy atom. The van der Waals surface area contributed by atoms with Crippen LogP contribution in [0.15, 0.2) is 71.0 Å². The van der Waals surface area contributed by atoms with Gasteiger partial charge in [-0.1, -0.05) is 12.1 Å². The van der Waals surface area contributed by atoms with Crippen LogP contribution in [0.1, 0.15) is 16.7 Å². The molecule has 4 rings (SSSR count). The Morgan fingerprint density at radius 2 is 1.52 bits per heavy atom. The van der Waals surface area contributed by atoms with Gasteiger partial charge in [-0.2, -0.15) is 0 Å². The van der Waals surface area contributed by atoms with Crippen molar-refractivity contribution >= 4 is 17.2 Å². The highest BCUT2D eigenvalue weighted by Crippen LogP contribution is 2.33. The molecule has 0 radical (unpaired) electrons. The fourth-order valence-electron chi connectivity index (χ4n) is 3.15. The second-order valence-electron chi connectivity index (χ2n) is 6.77. The number of aromatic nitrogens is 2. The molecule has 0 saturated heterocycles. The lowest BCUT2D eigenvalue weighted by Gasteiger charge is -2.02. The lowest BCUT2D eigenvalue weighted by molar-refractivity contribution is 0.628. The molecule has 0 aliphatic carbocycles. The molecule has 4 aromatic rings. The minimum atomic E-state index is -0.281. The molecule has 0 spiro atoms. The van der Waals surface area contributed by atoms with Gasteiger partial charge in [0.1, 0.15) is 17.2 Å². The Balaban J connectivity index is 1.88. The molecule has 0 bridgehead atoms. The van der Waals surface area contributed by atoms with Crippen LogP contribution in [0, 0.1) is 26.6 Å². The molecule has 27 heavy (non-hydrogen) atoms. The quantitative estimate of drug-likeness (QED) is 0.386. The minimum absolute atomic E-state index is 0.281. The molecule has 0 saturated carbocycles. The van der Waals surface area contributed by atoms with Crippen molar-refractivity contribution in [1.29, 1.82) is 0 Å².